The Labute approximate surface area is 114 Å². The highest BCUT2D eigenvalue weighted by molar-refractivity contribution is 5.23. The zero-order valence-corrected chi connectivity index (χ0v) is 12.9. The molecule has 0 aromatic carbocycles. The molecule has 0 N–H and O–H groups in total. The van der Waals surface area contributed by atoms with Crippen LogP contribution in [0.15, 0.2) is 48.1 Å². The Morgan fingerprint density at radius 3 is 2.22 bits per heavy atom. The third-order valence-electron chi connectivity index (χ3n) is 2.44. The van der Waals surface area contributed by atoms with Gasteiger partial charge in [-0.05, 0) is 26.7 Å². The van der Waals surface area contributed by atoms with Crippen molar-refractivity contribution >= 4 is 0 Å². The van der Waals surface area contributed by atoms with E-state index in [9.17, 15) is 0 Å². The third-order valence-corrected chi connectivity index (χ3v) is 2.44. The average Bonchev–Trinajstić information content (AvgIpc) is 2.29. The minimum atomic E-state index is 0.620. The molecule has 0 bridgehead atoms. The van der Waals surface area contributed by atoms with Gasteiger partial charge in [-0.1, -0.05) is 49.8 Å². The molecule has 0 heteroatoms. The van der Waals surface area contributed by atoms with E-state index < -0.39 is 0 Å². The van der Waals surface area contributed by atoms with Crippen molar-refractivity contribution in [1.29, 1.82) is 0 Å². The van der Waals surface area contributed by atoms with Crippen LogP contribution in [0.2, 0.25) is 0 Å². The first-order valence-electron chi connectivity index (χ1n) is 6.94. The minimum Gasteiger partial charge on any atom is -0.0817 e. The van der Waals surface area contributed by atoms with Gasteiger partial charge in [-0.15, -0.1) is 0 Å². The Morgan fingerprint density at radius 2 is 1.67 bits per heavy atom. The second-order valence-corrected chi connectivity index (χ2v) is 5.60. The third kappa shape index (κ3) is 11.3. The molecular weight excluding hydrogens is 216 g/mol. The van der Waals surface area contributed by atoms with E-state index in [-0.39, 0.29) is 0 Å². The van der Waals surface area contributed by atoms with E-state index in [4.69, 9.17) is 0 Å². The van der Waals surface area contributed by atoms with Gasteiger partial charge in [0.2, 0.25) is 0 Å². The van der Waals surface area contributed by atoms with Gasteiger partial charge < -0.3 is 0 Å². The molecule has 0 nitrogen and oxygen atoms in total. The maximum Gasteiger partial charge on any atom is 0.0924 e. The molecule has 0 aromatic rings. The summed E-state index contributed by atoms with van der Waals surface area (Å²) < 4.78 is 0. The summed E-state index contributed by atoms with van der Waals surface area (Å²) in [6.07, 6.45) is 16.4. The summed E-state index contributed by atoms with van der Waals surface area (Å²) >= 11 is 0. The van der Waals surface area contributed by atoms with Crippen molar-refractivity contribution in [3.8, 4) is 0 Å². The van der Waals surface area contributed by atoms with Gasteiger partial charge in [0.05, 0.1) is 18.4 Å². The molecule has 0 aliphatic heterocycles. The Kier molecular flexibility index (Phi) is 9.18. The topological polar surface area (TPSA) is 0 Å². The van der Waals surface area contributed by atoms with E-state index in [1.54, 1.807) is 0 Å². The molecule has 0 amide bonds. The van der Waals surface area contributed by atoms with Gasteiger partial charge in [0, 0.05) is 18.9 Å². The first-order valence-corrected chi connectivity index (χ1v) is 6.94. The highest BCUT2D eigenvalue weighted by atomic mass is 14.0. The number of allylic oxidation sites excluding steroid dienone is 8. The number of hydrogen-bond donors (Lipinski definition) is 0. The molecule has 0 aliphatic rings. The van der Waals surface area contributed by atoms with Crippen LogP contribution in [0, 0.1) is 17.8 Å². The van der Waals surface area contributed by atoms with Crippen molar-refractivity contribution in [2.75, 3.05) is 0 Å². The van der Waals surface area contributed by atoms with Crippen LogP contribution in [0.3, 0.4) is 0 Å². The Hall–Kier alpha value is -1.17. The van der Waals surface area contributed by atoms with E-state index in [0.29, 0.717) is 11.8 Å². The molecule has 0 radical (unpaired) electrons. The van der Waals surface area contributed by atoms with E-state index in [1.807, 2.05) is 0 Å². The predicted octanol–water partition coefficient (Wildman–Crippen LogP) is 5.90. The van der Waals surface area contributed by atoms with Gasteiger partial charge in [0.25, 0.3) is 0 Å². The second kappa shape index (κ2) is 9.82. The van der Waals surface area contributed by atoms with E-state index in [2.05, 4.69) is 84.1 Å². The maximum atomic E-state index is 2.25. The molecule has 0 atom stereocenters. The summed E-state index contributed by atoms with van der Waals surface area (Å²) in [5, 5.41) is 0. The largest absolute Gasteiger partial charge is 0.0924 e. The summed E-state index contributed by atoms with van der Waals surface area (Å²) in [6.45, 7) is 13.1. The lowest BCUT2D eigenvalue weighted by molar-refractivity contribution is 0.825. The molecule has 0 fully saturated rings. The van der Waals surface area contributed by atoms with Crippen LogP contribution in [0.5, 0.6) is 0 Å². The summed E-state index contributed by atoms with van der Waals surface area (Å²) in [5.41, 5.74) is 1.30. The monoisotopic (exact) mass is 245 g/mol. The van der Waals surface area contributed by atoms with E-state index >= 15 is 0 Å². The van der Waals surface area contributed by atoms with Crippen molar-refractivity contribution in [2.24, 2.45) is 11.8 Å². The SMILES string of the molecule is CC(/C=C/C(C)C)=C\C=C\C[C+](C)C=CC(C)C. The van der Waals surface area contributed by atoms with Crippen molar-refractivity contribution in [3.05, 3.63) is 54.0 Å². The molecule has 100 valence electrons. The first-order chi connectivity index (χ1) is 8.41. The summed E-state index contributed by atoms with van der Waals surface area (Å²) in [5.74, 6) is 2.66. The quantitative estimate of drug-likeness (QED) is 0.387. The minimum absolute atomic E-state index is 0.620. The van der Waals surface area contributed by atoms with Gasteiger partial charge in [0.15, 0.2) is 0 Å². The number of hydrogen-bond acceptors (Lipinski definition) is 0. The van der Waals surface area contributed by atoms with E-state index in [1.165, 1.54) is 11.5 Å². The molecule has 0 unspecified atom stereocenters. The summed E-state index contributed by atoms with van der Waals surface area (Å²) in [7, 11) is 0. The lowest BCUT2D eigenvalue weighted by Gasteiger charge is -1.95. The second-order valence-electron chi connectivity index (χ2n) is 5.60. The van der Waals surface area contributed by atoms with Gasteiger partial charge >= 0.3 is 0 Å². The summed E-state index contributed by atoms with van der Waals surface area (Å²) in [6, 6.07) is 0. The Bertz CT molecular complexity index is 311. The molecule has 0 saturated carbocycles. The van der Waals surface area contributed by atoms with Crippen molar-refractivity contribution < 1.29 is 0 Å². The van der Waals surface area contributed by atoms with Crippen molar-refractivity contribution in [2.45, 2.75) is 48.0 Å². The van der Waals surface area contributed by atoms with Crippen LogP contribution >= 0.6 is 0 Å². The van der Waals surface area contributed by atoms with Crippen LogP contribution in [0.25, 0.3) is 0 Å². The smallest absolute Gasteiger partial charge is 0.0817 e. The fraction of sp³-hybridized carbons (Fsp3) is 0.500. The Morgan fingerprint density at radius 1 is 1.06 bits per heavy atom. The zero-order chi connectivity index (χ0) is 14.0. The maximum absolute atomic E-state index is 2.25. The van der Waals surface area contributed by atoms with Gasteiger partial charge in [-0.3, -0.25) is 0 Å². The molecule has 18 heavy (non-hydrogen) atoms. The normalized spacial score (nSPS) is 13.9. The van der Waals surface area contributed by atoms with Gasteiger partial charge in [0.1, 0.15) is 0 Å². The fourth-order valence-electron chi connectivity index (χ4n) is 1.30. The molecule has 0 spiro atoms. The van der Waals surface area contributed by atoms with Gasteiger partial charge in [-0.2, -0.15) is 0 Å². The van der Waals surface area contributed by atoms with Crippen LogP contribution in [-0.2, 0) is 0 Å². The molecule has 0 heterocycles. The fourth-order valence-corrected chi connectivity index (χ4v) is 1.30. The first kappa shape index (κ1) is 16.8. The summed E-state index contributed by atoms with van der Waals surface area (Å²) in [4.78, 5) is 0. The zero-order valence-electron chi connectivity index (χ0n) is 12.9. The lowest BCUT2D eigenvalue weighted by Crippen LogP contribution is -1.85. The molecule has 0 aromatic heterocycles. The average molecular weight is 245 g/mol. The van der Waals surface area contributed by atoms with Crippen LogP contribution in [0.4, 0.5) is 0 Å². The Balaban J connectivity index is 4.06. The predicted molar refractivity (Wildman–Crippen MR) is 84.4 cm³/mol. The lowest BCUT2D eigenvalue weighted by atomic mass is 10.0. The highest BCUT2D eigenvalue weighted by Gasteiger charge is 2.01. The molecule has 0 aliphatic carbocycles. The molecular formula is C18H29+. The van der Waals surface area contributed by atoms with Crippen molar-refractivity contribution in [3.63, 3.8) is 0 Å². The van der Waals surface area contributed by atoms with Crippen LogP contribution in [-0.4, -0.2) is 0 Å². The van der Waals surface area contributed by atoms with Crippen molar-refractivity contribution in [1.82, 2.24) is 0 Å². The number of rotatable bonds is 7. The molecule has 0 rings (SSSR count). The van der Waals surface area contributed by atoms with Crippen LogP contribution < -0.4 is 0 Å². The van der Waals surface area contributed by atoms with E-state index in [0.717, 1.165) is 6.42 Å². The van der Waals surface area contributed by atoms with Crippen LogP contribution in [0.1, 0.15) is 48.0 Å². The molecule has 0 saturated heterocycles. The van der Waals surface area contributed by atoms with Gasteiger partial charge in [-0.25, -0.2) is 0 Å². The highest BCUT2D eigenvalue weighted by Crippen LogP contribution is 2.10. The standard InChI is InChI=1S/C18H29/c1-15(2)11-13-17(5)9-7-8-10-18(6)14-12-16(3)4/h7-9,11-16H,10H2,1-6H3/q+1/b8-7+,13-11+,14-12?,17-9+.